The fourth-order valence-corrected chi connectivity index (χ4v) is 4.55. The lowest BCUT2D eigenvalue weighted by atomic mass is 10.1. The molecule has 5 rings (SSSR count). The molecule has 14 heteroatoms. The summed E-state index contributed by atoms with van der Waals surface area (Å²) in [6.45, 7) is 2.61. The zero-order chi connectivity index (χ0) is 26.2. The number of H-pyrrole nitrogens is 1. The van der Waals surface area contributed by atoms with Gasteiger partial charge in [0.15, 0.2) is 5.82 Å². The Labute approximate surface area is 207 Å². The number of anilines is 2. The summed E-state index contributed by atoms with van der Waals surface area (Å²) < 4.78 is 58.2. The fraction of sp³-hybridized carbons (Fsp3) is 0.435. The quantitative estimate of drug-likeness (QED) is 0.519. The molecule has 0 saturated carbocycles. The molecule has 37 heavy (non-hydrogen) atoms. The molecule has 2 fully saturated rings. The van der Waals surface area contributed by atoms with Crippen LogP contribution < -0.4 is 15.4 Å². The summed E-state index contributed by atoms with van der Waals surface area (Å²) in [5, 5.41) is 6.78. The number of amides is 1. The van der Waals surface area contributed by atoms with E-state index in [4.69, 9.17) is 4.74 Å². The highest BCUT2D eigenvalue weighted by Crippen LogP contribution is 2.29. The molecule has 4 heterocycles. The van der Waals surface area contributed by atoms with Crippen LogP contribution in [-0.2, 0) is 15.7 Å². The minimum Gasteiger partial charge on any atom is -0.374 e. The Morgan fingerprint density at radius 3 is 2.51 bits per heavy atom. The number of ether oxygens (including phenoxy) is 1. The summed E-state index contributed by atoms with van der Waals surface area (Å²) in [7, 11) is 0. The van der Waals surface area contributed by atoms with Crippen molar-refractivity contribution in [2.45, 2.75) is 18.7 Å². The van der Waals surface area contributed by atoms with Crippen LogP contribution in [0.15, 0.2) is 35.4 Å². The van der Waals surface area contributed by atoms with Crippen LogP contribution in [0.2, 0.25) is 0 Å². The van der Waals surface area contributed by atoms with Crippen molar-refractivity contribution in [1.82, 2.24) is 25.1 Å². The van der Waals surface area contributed by atoms with E-state index in [1.165, 1.54) is 12.1 Å². The van der Waals surface area contributed by atoms with E-state index in [1.807, 2.05) is 4.90 Å². The molecule has 0 spiro atoms. The van der Waals surface area contributed by atoms with Crippen molar-refractivity contribution in [3.8, 4) is 0 Å². The average molecular weight is 521 g/mol. The molecular formula is C23H23F4N7O3. The van der Waals surface area contributed by atoms with E-state index < -0.39 is 29.2 Å². The average Bonchev–Trinajstić information content (AvgIpc) is 2.89. The monoisotopic (exact) mass is 521 g/mol. The smallest absolute Gasteiger partial charge is 0.374 e. The third kappa shape index (κ3) is 5.19. The summed E-state index contributed by atoms with van der Waals surface area (Å²) in [4.78, 5) is 37.9. The molecule has 10 nitrogen and oxygen atoms in total. The number of nitrogens with zero attached hydrogens (tertiary/aromatic N) is 6. The SMILES string of the molecule is O=C(CC1CN(c2n[nH]c(=O)c3c(F)cccc23)CCO1)N1CCN(c2ncc(C(F)(F)F)cn2)CC1. The topological polar surface area (TPSA) is 108 Å². The van der Waals surface area contributed by atoms with Gasteiger partial charge in [0.25, 0.3) is 5.56 Å². The maximum Gasteiger partial charge on any atom is 0.419 e. The van der Waals surface area contributed by atoms with Gasteiger partial charge < -0.3 is 19.4 Å². The number of morpholine rings is 1. The van der Waals surface area contributed by atoms with E-state index in [1.54, 1.807) is 15.9 Å². The number of hydrogen-bond donors (Lipinski definition) is 1. The van der Waals surface area contributed by atoms with Crippen molar-refractivity contribution in [3.63, 3.8) is 0 Å². The number of carbonyl (C=O) groups excluding carboxylic acids is 1. The van der Waals surface area contributed by atoms with E-state index in [0.717, 1.165) is 12.4 Å². The molecule has 2 aliphatic rings. The number of fused-ring (bicyclic) bond motifs is 1. The first kappa shape index (κ1) is 24.9. The van der Waals surface area contributed by atoms with Crippen LogP contribution in [-0.4, -0.2) is 83.0 Å². The van der Waals surface area contributed by atoms with Crippen LogP contribution in [0, 0.1) is 5.82 Å². The van der Waals surface area contributed by atoms with E-state index in [0.29, 0.717) is 57.1 Å². The van der Waals surface area contributed by atoms with Gasteiger partial charge in [0.1, 0.15) is 5.82 Å². The number of piperazine rings is 1. The zero-order valence-corrected chi connectivity index (χ0v) is 19.5. The van der Waals surface area contributed by atoms with Crippen molar-refractivity contribution < 1.29 is 27.1 Å². The minimum atomic E-state index is -4.50. The third-order valence-corrected chi connectivity index (χ3v) is 6.47. The van der Waals surface area contributed by atoms with Crippen molar-refractivity contribution >= 4 is 28.4 Å². The lowest BCUT2D eigenvalue weighted by Gasteiger charge is -2.37. The van der Waals surface area contributed by atoms with E-state index in [-0.39, 0.29) is 23.7 Å². The summed E-state index contributed by atoms with van der Waals surface area (Å²) in [6, 6.07) is 4.36. The van der Waals surface area contributed by atoms with Gasteiger partial charge in [-0.2, -0.15) is 18.3 Å². The first-order valence-corrected chi connectivity index (χ1v) is 11.7. The van der Waals surface area contributed by atoms with Gasteiger partial charge in [-0.15, -0.1) is 0 Å². The minimum absolute atomic E-state index is 0.0680. The van der Waals surface area contributed by atoms with Crippen molar-refractivity contribution in [2.24, 2.45) is 0 Å². The Morgan fingerprint density at radius 1 is 1.08 bits per heavy atom. The van der Waals surface area contributed by atoms with E-state index >= 15 is 0 Å². The predicted molar refractivity (Wildman–Crippen MR) is 125 cm³/mol. The molecular weight excluding hydrogens is 498 g/mol. The lowest BCUT2D eigenvalue weighted by Crippen LogP contribution is -2.51. The number of hydrogen-bond acceptors (Lipinski definition) is 8. The molecule has 2 aliphatic heterocycles. The second-order valence-electron chi connectivity index (χ2n) is 8.82. The van der Waals surface area contributed by atoms with Crippen LogP contribution in [0.3, 0.4) is 0 Å². The second-order valence-corrected chi connectivity index (χ2v) is 8.82. The van der Waals surface area contributed by atoms with Gasteiger partial charge in [-0.25, -0.2) is 19.5 Å². The standard InChI is InChI=1S/C23H23F4N7O3/c24-17-3-1-2-16-19(17)21(36)31-30-20(16)34-8-9-37-15(13-34)10-18(35)32-4-6-33(7-5-32)22-28-11-14(12-29-22)23(25,26)27/h1-3,11-12,15H,4-10,13H2,(H,31,36). The molecule has 1 atom stereocenters. The van der Waals surface area contributed by atoms with E-state index in [9.17, 15) is 27.2 Å². The first-order chi connectivity index (χ1) is 17.7. The predicted octanol–water partition coefficient (Wildman–Crippen LogP) is 1.82. The van der Waals surface area contributed by atoms with Crippen LogP contribution in [0.1, 0.15) is 12.0 Å². The molecule has 1 amide bonds. The maximum atomic E-state index is 14.3. The third-order valence-electron chi connectivity index (χ3n) is 6.47. The Morgan fingerprint density at radius 2 is 1.81 bits per heavy atom. The highest BCUT2D eigenvalue weighted by atomic mass is 19.4. The molecule has 2 saturated heterocycles. The van der Waals surface area contributed by atoms with Crippen LogP contribution in [0.25, 0.3) is 10.8 Å². The summed E-state index contributed by atoms with van der Waals surface area (Å²) in [5.74, 6) is -0.156. The van der Waals surface area contributed by atoms with Crippen molar-refractivity contribution in [3.05, 3.63) is 52.3 Å². The van der Waals surface area contributed by atoms with Gasteiger partial charge in [-0.3, -0.25) is 9.59 Å². The van der Waals surface area contributed by atoms with Gasteiger partial charge >= 0.3 is 6.18 Å². The van der Waals surface area contributed by atoms with Gasteiger partial charge in [0, 0.05) is 57.0 Å². The van der Waals surface area contributed by atoms with Crippen molar-refractivity contribution in [1.29, 1.82) is 0 Å². The summed E-state index contributed by atoms with van der Waals surface area (Å²) >= 11 is 0. The van der Waals surface area contributed by atoms with E-state index in [2.05, 4.69) is 20.2 Å². The number of alkyl halides is 3. The highest BCUT2D eigenvalue weighted by Gasteiger charge is 2.32. The molecule has 0 radical (unpaired) electrons. The van der Waals surface area contributed by atoms with Gasteiger partial charge in [0.05, 0.1) is 30.1 Å². The number of rotatable bonds is 4. The van der Waals surface area contributed by atoms with Gasteiger partial charge in [-0.1, -0.05) is 12.1 Å². The molecule has 196 valence electrons. The molecule has 1 aromatic carbocycles. The normalized spacial score (nSPS) is 18.9. The second kappa shape index (κ2) is 9.92. The van der Waals surface area contributed by atoms with Gasteiger partial charge in [-0.05, 0) is 6.07 Å². The zero-order valence-electron chi connectivity index (χ0n) is 19.5. The Kier molecular flexibility index (Phi) is 6.67. The lowest BCUT2D eigenvalue weighted by molar-refractivity contribution is -0.138. The summed E-state index contributed by atoms with van der Waals surface area (Å²) in [5.41, 5.74) is -1.53. The van der Waals surface area contributed by atoms with Crippen molar-refractivity contribution in [2.75, 3.05) is 55.7 Å². The Balaban J connectivity index is 1.19. The molecule has 0 bridgehead atoms. The number of benzene rings is 1. The highest BCUT2D eigenvalue weighted by molar-refractivity contribution is 5.91. The number of aromatic amines is 1. The molecule has 1 N–H and O–H groups in total. The number of aromatic nitrogens is 4. The fourth-order valence-electron chi connectivity index (χ4n) is 4.55. The Bertz CT molecular complexity index is 1340. The number of nitrogens with one attached hydrogen (secondary N) is 1. The van der Waals surface area contributed by atoms with Crippen LogP contribution in [0.4, 0.5) is 29.3 Å². The number of carbonyl (C=O) groups is 1. The van der Waals surface area contributed by atoms with Crippen LogP contribution in [0.5, 0.6) is 0 Å². The molecule has 3 aromatic rings. The maximum absolute atomic E-state index is 14.3. The molecule has 0 aliphatic carbocycles. The molecule has 1 unspecified atom stereocenters. The van der Waals surface area contributed by atoms with Gasteiger partial charge in [0.2, 0.25) is 11.9 Å². The summed E-state index contributed by atoms with van der Waals surface area (Å²) in [6.07, 6.45) is -3.32. The first-order valence-electron chi connectivity index (χ1n) is 11.7. The van der Waals surface area contributed by atoms with Crippen LogP contribution >= 0.6 is 0 Å². The Hall–Kier alpha value is -3.81. The largest absolute Gasteiger partial charge is 0.419 e. The molecule has 2 aromatic heterocycles. The number of halogens is 4.